The Hall–Kier alpha value is -0.900. The number of nitrogens with two attached hydrogens (primary N) is 1. The molecule has 0 radical (unpaired) electrons. The fourth-order valence-electron chi connectivity index (χ4n) is 1.68. The van der Waals surface area contributed by atoms with Gasteiger partial charge in [-0.1, -0.05) is 31.2 Å². The van der Waals surface area contributed by atoms with E-state index in [1.165, 1.54) is 5.56 Å². The van der Waals surface area contributed by atoms with Gasteiger partial charge in [-0.05, 0) is 24.0 Å². The summed E-state index contributed by atoms with van der Waals surface area (Å²) in [6, 6.07) is 7.89. The van der Waals surface area contributed by atoms with Crippen LogP contribution in [0.2, 0.25) is 0 Å². The predicted octanol–water partition coefficient (Wildman–Crippen LogP) is 1.65. The average Bonchev–Trinajstić information content (AvgIpc) is 2.29. The quantitative estimate of drug-likeness (QED) is 0.771. The lowest BCUT2D eigenvalue weighted by Crippen LogP contribution is -2.27. The van der Waals surface area contributed by atoms with Crippen molar-refractivity contribution in [1.82, 2.24) is 0 Å². The van der Waals surface area contributed by atoms with Crippen molar-refractivity contribution in [3.63, 3.8) is 0 Å². The zero-order valence-electron chi connectivity index (χ0n) is 10.0. The number of methoxy groups -OCH3 is 1. The average molecular weight is 223 g/mol. The summed E-state index contributed by atoms with van der Waals surface area (Å²) in [6.45, 7) is 2.59. The third-order valence-corrected chi connectivity index (χ3v) is 2.68. The second-order valence-electron chi connectivity index (χ2n) is 4.06. The molecule has 3 nitrogen and oxygen atoms in total. The summed E-state index contributed by atoms with van der Waals surface area (Å²) in [6.07, 6.45) is 1.04. The molecule has 16 heavy (non-hydrogen) atoms. The van der Waals surface area contributed by atoms with Crippen molar-refractivity contribution >= 4 is 0 Å². The van der Waals surface area contributed by atoms with Crippen LogP contribution in [0.5, 0.6) is 0 Å². The molecule has 1 rings (SSSR count). The third kappa shape index (κ3) is 3.93. The van der Waals surface area contributed by atoms with Crippen molar-refractivity contribution in [2.24, 2.45) is 5.73 Å². The normalized spacial score (nSPS) is 14.8. The molecule has 3 heteroatoms. The predicted molar refractivity (Wildman–Crippen MR) is 65.2 cm³/mol. The van der Waals surface area contributed by atoms with Crippen LogP contribution in [0.25, 0.3) is 0 Å². The first kappa shape index (κ1) is 13.2. The van der Waals surface area contributed by atoms with E-state index in [2.05, 4.69) is 6.92 Å². The van der Waals surface area contributed by atoms with Gasteiger partial charge in [-0.3, -0.25) is 0 Å². The Kier molecular flexibility index (Phi) is 5.46. The number of aliphatic hydroxyl groups is 1. The van der Waals surface area contributed by atoms with E-state index in [1.54, 1.807) is 7.11 Å². The van der Waals surface area contributed by atoms with Crippen molar-refractivity contribution in [2.75, 3.05) is 13.7 Å². The van der Waals surface area contributed by atoms with E-state index in [0.29, 0.717) is 13.0 Å². The Morgan fingerprint density at radius 3 is 2.44 bits per heavy atom. The van der Waals surface area contributed by atoms with E-state index in [4.69, 9.17) is 10.5 Å². The van der Waals surface area contributed by atoms with Gasteiger partial charge < -0.3 is 15.6 Å². The maximum atomic E-state index is 9.95. The maximum Gasteiger partial charge on any atom is 0.0805 e. The molecule has 0 heterocycles. The molecule has 1 aromatic rings. The summed E-state index contributed by atoms with van der Waals surface area (Å²) < 4.78 is 4.94. The van der Waals surface area contributed by atoms with Crippen molar-refractivity contribution in [1.29, 1.82) is 0 Å². The maximum absolute atomic E-state index is 9.95. The van der Waals surface area contributed by atoms with Gasteiger partial charge in [0, 0.05) is 13.2 Å². The third-order valence-electron chi connectivity index (χ3n) is 2.68. The van der Waals surface area contributed by atoms with Crippen LogP contribution in [0, 0.1) is 0 Å². The first-order valence-electron chi connectivity index (χ1n) is 5.68. The highest BCUT2D eigenvalue weighted by molar-refractivity contribution is 5.24. The molecule has 0 spiro atoms. The van der Waals surface area contributed by atoms with Gasteiger partial charge in [-0.15, -0.1) is 0 Å². The van der Waals surface area contributed by atoms with Crippen LogP contribution in [0.15, 0.2) is 24.3 Å². The molecule has 0 aliphatic carbocycles. The Morgan fingerprint density at radius 1 is 1.31 bits per heavy atom. The molecular formula is C13H21NO2. The van der Waals surface area contributed by atoms with E-state index in [1.807, 2.05) is 24.3 Å². The first-order chi connectivity index (χ1) is 7.67. The SMILES string of the molecule is CCc1ccc(C(O)CC(N)COC)cc1. The van der Waals surface area contributed by atoms with Gasteiger partial charge >= 0.3 is 0 Å². The van der Waals surface area contributed by atoms with Crippen LogP contribution in [0.1, 0.15) is 30.6 Å². The molecule has 0 saturated carbocycles. The van der Waals surface area contributed by atoms with Crippen molar-refractivity contribution in [2.45, 2.75) is 31.9 Å². The second kappa shape index (κ2) is 6.63. The summed E-state index contributed by atoms with van der Waals surface area (Å²) in [7, 11) is 1.61. The minimum Gasteiger partial charge on any atom is -0.388 e. The number of benzene rings is 1. The lowest BCUT2D eigenvalue weighted by atomic mass is 10.0. The van der Waals surface area contributed by atoms with E-state index in [0.717, 1.165) is 12.0 Å². The van der Waals surface area contributed by atoms with Crippen molar-refractivity contribution in [3.05, 3.63) is 35.4 Å². The molecule has 0 saturated heterocycles. The zero-order chi connectivity index (χ0) is 12.0. The highest BCUT2D eigenvalue weighted by atomic mass is 16.5. The number of aryl methyl sites for hydroxylation is 1. The minimum absolute atomic E-state index is 0.120. The van der Waals surface area contributed by atoms with Crippen LogP contribution in [0.3, 0.4) is 0 Å². The summed E-state index contributed by atoms with van der Waals surface area (Å²) >= 11 is 0. The molecule has 90 valence electrons. The van der Waals surface area contributed by atoms with E-state index in [9.17, 15) is 5.11 Å². The Labute approximate surface area is 97.2 Å². The smallest absolute Gasteiger partial charge is 0.0805 e. The molecule has 0 amide bonds. The molecule has 0 aliphatic heterocycles. The lowest BCUT2D eigenvalue weighted by Gasteiger charge is -2.16. The van der Waals surface area contributed by atoms with Gasteiger partial charge in [0.05, 0.1) is 12.7 Å². The molecule has 3 N–H and O–H groups in total. The molecule has 2 unspecified atom stereocenters. The highest BCUT2D eigenvalue weighted by Crippen LogP contribution is 2.18. The van der Waals surface area contributed by atoms with Crippen LogP contribution in [-0.4, -0.2) is 24.9 Å². The van der Waals surface area contributed by atoms with Gasteiger partial charge in [-0.2, -0.15) is 0 Å². The zero-order valence-corrected chi connectivity index (χ0v) is 10.0. The fourth-order valence-corrected chi connectivity index (χ4v) is 1.68. The molecule has 2 atom stereocenters. The monoisotopic (exact) mass is 223 g/mol. The van der Waals surface area contributed by atoms with Crippen LogP contribution in [-0.2, 0) is 11.2 Å². The van der Waals surface area contributed by atoms with Crippen LogP contribution >= 0.6 is 0 Å². The standard InChI is InChI=1S/C13H21NO2/c1-3-10-4-6-11(7-5-10)13(15)8-12(14)9-16-2/h4-7,12-13,15H,3,8-9,14H2,1-2H3. The summed E-state index contributed by atoms with van der Waals surface area (Å²) in [5, 5.41) is 9.95. The second-order valence-corrected chi connectivity index (χ2v) is 4.06. The molecule has 0 aromatic heterocycles. The topological polar surface area (TPSA) is 55.5 Å². The van der Waals surface area contributed by atoms with Crippen LogP contribution < -0.4 is 5.73 Å². The summed E-state index contributed by atoms with van der Waals surface area (Å²) in [4.78, 5) is 0. The largest absolute Gasteiger partial charge is 0.388 e. The van der Waals surface area contributed by atoms with Gasteiger partial charge in [-0.25, -0.2) is 0 Å². The minimum atomic E-state index is -0.504. The summed E-state index contributed by atoms with van der Waals surface area (Å²) in [5.74, 6) is 0. The lowest BCUT2D eigenvalue weighted by molar-refractivity contribution is 0.122. The van der Waals surface area contributed by atoms with Crippen molar-refractivity contribution in [3.8, 4) is 0 Å². The molecule has 0 bridgehead atoms. The number of hydrogen-bond acceptors (Lipinski definition) is 3. The van der Waals surface area contributed by atoms with Crippen LogP contribution in [0.4, 0.5) is 0 Å². The fraction of sp³-hybridized carbons (Fsp3) is 0.538. The molecule has 0 aliphatic rings. The highest BCUT2D eigenvalue weighted by Gasteiger charge is 2.12. The Balaban J connectivity index is 2.55. The number of hydrogen-bond donors (Lipinski definition) is 2. The van der Waals surface area contributed by atoms with Gasteiger partial charge in [0.15, 0.2) is 0 Å². The van der Waals surface area contributed by atoms with Crippen molar-refractivity contribution < 1.29 is 9.84 Å². The van der Waals surface area contributed by atoms with Gasteiger partial charge in [0.1, 0.15) is 0 Å². The summed E-state index contributed by atoms with van der Waals surface area (Å²) in [5.41, 5.74) is 7.99. The molecule has 1 aromatic carbocycles. The Bertz CT molecular complexity index is 297. The molecular weight excluding hydrogens is 202 g/mol. The number of aliphatic hydroxyl groups excluding tert-OH is 1. The first-order valence-corrected chi connectivity index (χ1v) is 5.68. The number of ether oxygens (including phenoxy) is 1. The van der Waals surface area contributed by atoms with E-state index >= 15 is 0 Å². The van der Waals surface area contributed by atoms with Gasteiger partial charge in [0.25, 0.3) is 0 Å². The van der Waals surface area contributed by atoms with Gasteiger partial charge in [0.2, 0.25) is 0 Å². The Morgan fingerprint density at radius 2 is 1.94 bits per heavy atom. The molecule has 0 fully saturated rings. The van der Waals surface area contributed by atoms with E-state index < -0.39 is 6.10 Å². The van der Waals surface area contributed by atoms with E-state index in [-0.39, 0.29) is 6.04 Å². The number of rotatable bonds is 6.